The van der Waals surface area contributed by atoms with Crippen LogP contribution in [0.15, 0.2) is 59.1 Å². The van der Waals surface area contributed by atoms with Gasteiger partial charge in [-0.15, -0.1) is 0 Å². The Morgan fingerprint density at radius 3 is 2.41 bits per heavy atom. The highest BCUT2D eigenvalue weighted by Crippen LogP contribution is 2.22. The van der Waals surface area contributed by atoms with Crippen LogP contribution < -0.4 is 5.32 Å². The third kappa shape index (κ3) is 4.68. The fourth-order valence-corrected chi connectivity index (χ4v) is 2.92. The van der Waals surface area contributed by atoms with Gasteiger partial charge in [0.1, 0.15) is 0 Å². The zero-order valence-electron chi connectivity index (χ0n) is 12.3. The van der Waals surface area contributed by atoms with E-state index in [2.05, 4.69) is 33.4 Å². The van der Waals surface area contributed by atoms with E-state index in [1.807, 2.05) is 36.4 Å². The van der Waals surface area contributed by atoms with Crippen LogP contribution in [0.4, 0.5) is 0 Å². The monoisotopic (exact) mass is 361 g/mol. The molecule has 2 N–H and O–H groups in total. The molecule has 0 aromatic heterocycles. The standard InChI is InChI=1S/C18H20BrNO2/c19-17-9-5-4-8-16(17)18(22)20-12-10-15(11-13-21)14-6-2-1-3-7-14/h1-9,15,21H,10-13H2,(H,20,22). The summed E-state index contributed by atoms with van der Waals surface area (Å²) >= 11 is 3.39. The average molecular weight is 362 g/mol. The molecule has 0 fully saturated rings. The van der Waals surface area contributed by atoms with Crippen molar-refractivity contribution < 1.29 is 9.90 Å². The van der Waals surface area contributed by atoms with Gasteiger partial charge < -0.3 is 10.4 Å². The highest BCUT2D eigenvalue weighted by Gasteiger charge is 2.13. The van der Waals surface area contributed by atoms with Crippen molar-refractivity contribution in [3.63, 3.8) is 0 Å². The van der Waals surface area contributed by atoms with Gasteiger partial charge in [0, 0.05) is 17.6 Å². The summed E-state index contributed by atoms with van der Waals surface area (Å²) in [5, 5.41) is 12.2. The molecule has 4 heteroatoms. The van der Waals surface area contributed by atoms with E-state index in [1.54, 1.807) is 6.07 Å². The molecule has 1 amide bonds. The highest BCUT2D eigenvalue weighted by molar-refractivity contribution is 9.10. The molecule has 2 aromatic carbocycles. The Kier molecular flexibility index (Phi) is 6.62. The van der Waals surface area contributed by atoms with Crippen LogP contribution in [0, 0.1) is 0 Å². The van der Waals surface area contributed by atoms with Crippen molar-refractivity contribution in [2.45, 2.75) is 18.8 Å². The average Bonchev–Trinajstić information content (AvgIpc) is 2.55. The second kappa shape index (κ2) is 8.71. The smallest absolute Gasteiger partial charge is 0.252 e. The number of carbonyl (C=O) groups is 1. The van der Waals surface area contributed by atoms with Crippen molar-refractivity contribution in [2.75, 3.05) is 13.2 Å². The van der Waals surface area contributed by atoms with Gasteiger partial charge in [-0.05, 0) is 52.4 Å². The largest absolute Gasteiger partial charge is 0.396 e. The fraction of sp³-hybridized carbons (Fsp3) is 0.278. The van der Waals surface area contributed by atoms with Crippen molar-refractivity contribution in [1.82, 2.24) is 5.32 Å². The van der Waals surface area contributed by atoms with Gasteiger partial charge in [0.25, 0.3) is 5.91 Å². The van der Waals surface area contributed by atoms with Crippen molar-refractivity contribution in [3.8, 4) is 0 Å². The summed E-state index contributed by atoms with van der Waals surface area (Å²) in [6.45, 7) is 0.734. The molecular weight excluding hydrogens is 342 g/mol. The van der Waals surface area contributed by atoms with Crippen LogP contribution in [-0.4, -0.2) is 24.2 Å². The number of nitrogens with one attached hydrogen (secondary N) is 1. The summed E-state index contributed by atoms with van der Waals surface area (Å²) in [4.78, 5) is 12.2. The molecule has 0 aliphatic heterocycles. The van der Waals surface area contributed by atoms with Crippen LogP contribution in [0.3, 0.4) is 0 Å². The first-order valence-corrected chi connectivity index (χ1v) is 8.20. The first-order chi connectivity index (χ1) is 10.7. The van der Waals surface area contributed by atoms with Crippen LogP contribution in [0.5, 0.6) is 0 Å². The Morgan fingerprint density at radius 1 is 1.05 bits per heavy atom. The SMILES string of the molecule is O=C(NCCC(CCO)c1ccccc1)c1ccccc1Br. The van der Waals surface area contributed by atoms with E-state index in [9.17, 15) is 9.90 Å². The topological polar surface area (TPSA) is 49.3 Å². The summed E-state index contributed by atoms with van der Waals surface area (Å²) in [5.41, 5.74) is 1.84. The molecule has 0 radical (unpaired) electrons. The highest BCUT2D eigenvalue weighted by atomic mass is 79.9. The summed E-state index contributed by atoms with van der Waals surface area (Å²) in [6.07, 6.45) is 1.51. The number of amides is 1. The van der Waals surface area contributed by atoms with Gasteiger partial charge in [0.05, 0.1) is 5.56 Å². The van der Waals surface area contributed by atoms with E-state index in [4.69, 9.17) is 0 Å². The number of hydrogen-bond acceptors (Lipinski definition) is 2. The van der Waals surface area contributed by atoms with Crippen LogP contribution in [0.1, 0.15) is 34.7 Å². The lowest BCUT2D eigenvalue weighted by molar-refractivity contribution is 0.0951. The molecule has 2 rings (SSSR count). The van der Waals surface area contributed by atoms with Gasteiger partial charge in [-0.1, -0.05) is 42.5 Å². The van der Waals surface area contributed by atoms with E-state index in [0.29, 0.717) is 18.5 Å². The van der Waals surface area contributed by atoms with Crippen LogP contribution in [0.25, 0.3) is 0 Å². The third-order valence-electron chi connectivity index (χ3n) is 3.65. The maximum absolute atomic E-state index is 12.2. The molecule has 0 aliphatic rings. The lowest BCUT2D eigenvalue weighted by atomic mass is 9.93. The summed E-state index contributed by atoms with van der Waals surface area (Å²) < 4.78 is 0.794. The molecule has 2 aromatic rings. The lowest BCUT2D eigenvalue weighted by Gasteiger charge is -2.16. The predicted octanol–water partition coefficient (Wildman–Crippen LogP) is 3.74. The first kappa shape index (κ1) is 16.7. The van der Waals surface area contributed by atoms with Gasteiger partial charge in [-0.3, -0.25) is 4.79 Å². The van der Waals surface area contributed by atoms with Crippen molar-refractivity contribution in [3.05, 3.63) is 70.2 Å². The van der Waals surface area contributed by atoms with Crippen LogP contribution in [-0.2, 0) is 0 Å². The Labute approximate surface area is 139 Å². The van der Waals surface area contributed by atoms with Crippen LogP contribution in [0.2, 0.25) is 0 Å². The molecular formula is C18H20BrNO2. The van der Waals surface area contributed by atoms with Gasteiger partial charge >= 0.3 is 0 Å². The summed E-state index contributed by atoms with van der Waals surface area (Å²) in [6, 6.07) is 17.5. The third-order valence-corrected chi connectivity index (χ3v) is 4.34. The molecule has 0 spiro atoms. The Balaban J connectivity index is 1.91. The second-order valence-electron chi connectivity index (χ2n) is 5.14. The molecule has 0 bridgehead atoms. The minimum Gasteiger partial charge on any atom is -0.396 e. The Hall–Kier alpha value is -1.65. The molecule has 0 heterocycles. The van der Waals surface area contributed by atoms with Crippen molar-refractivity contribution in [2.24, 2.45) is 0 Å². The number of aliphatic hydroxyl groups excluding tert-OH is 1. The van der Waals surface area contributed by atoms with Gasteiger partial charge in [0.15, 0.2) is 0 Å². The van der Waals surface area contributed by atoms with Gasteiger partial charge in [-0.25, -0.2) is 0 Å². The van der Waals surface area contributed by atoms with Gasteiger partial charge in [-0.2, -0.15) is 0 Å². The molecule has 3 nitrogen and oxygen atoms in total. The van der Waals surface area contributed by atoms with E-state index in [-0.39, 0.29) is 18.4 Å². The molecule has 1 unspecified atom stereocenters. The molecule has 22 heavy (non-hydrogen) atoms. The van der Waals surface area contributed by atoms with E-state index < -0.39 is 0 Å². The number of hydrogen-bond donors (Lipinski definition) is 2. The lowest BCUT2D eigenvalue weighted by Crippen LogP contribution is -2.26. The predicted molar refractivity (Wildman–Crippen MR) is 92.0 cm³/mol. The summed E-state index contributed by atoms with van der Waals surface area (Å²) in [5.74, 6) is 0.175. The van der Waals surface area contributed by atoms with Crippen molar-refractivity contribution >= 4 is 21.8 Å². The molecule has 0 saturated carbocycles. The van der Waals surface area contributed by atoms with Gasteiger partial charge in [0.2, 0.25) is 0 Å². The van der Waals surface area contributed by atoms with Crippen molar-refractivity contribution in [1.29, 1.82) is 0 Å². The Bertz CT molecular complexity index is 601. The van der Waals surface area contributed by atoms with E-state index >= 15 is 0 Å². The summed E-state index contributed by atoms with van der Waals surface area (Å²) in [7, 11) is 0. The number of halogens is 1. The zero-order chi connectivity index (χ0) is 15.8. The molecule has 1 atom stereocenters. The first-order valence-electron chi connectivity index (χ1n) is 7.41. The number of benzene rings is 2. The fourth-order valence-electron chi connectivity index (χ4n) is 2.46. The maximum Gasteiger partial charge on any atom is 0.252 e. The van der Waals surface area contributed by atoms with Crippen LogP contribution >= 0.6 is 15.9 Å². The van der Waals surface area contributed by atoms with E-state index in [1.165, 1.54) is 5.56 Å². The molecule has 0 saturated heterocycles. The zero-order valence-corrected chi connectivity index (χ0v) is 13.9. The Morgan fingerprint density at radius 2 is 1.73 bits per heavy atom. The maximum atomic E-state index is 12.2. The van der Waals surface area contributed by atoms with E-state index in [0.717, 1.165) is 10.9 Å². The normalized spacial score (nSPS) is 11.9. The number of aliphatic hydroxyl groups is 1. The number of rotatable bonds is 7. The molecule has 0 aliphatic carbocycles. The second-order valence-corrected chi connectivity index (χ2v) is 6.00. The minimum absolute atomic E-state index is 0.0803. The molecule has 116 valence electrons. The quantitative estimate of drug-likeness (QED) is 0.789. The minimum atomic E-state index is -0.0803. The number of carbonyl (C=O) groups excluding carboxylic acids is 1.